The van der Waals surface area contributed by atoms with Crippen LogP contribution in [0.2, 0.25) is 0 Å². The van der Waals surface area contributed by atoms with Gasteiger partial charge in [-0.1, -0.05) is 0 Å². The van der Waals surface area contributed by atoms with E-state index in [1.165, 1.54) is 0 Å². The van der Waals surface area contributed by atoms with Gasteiger partial charge in [0.25, 0.3) is 0 Å². The number of rotatable bonds is 0. The zero-order valence-electron chi connectivity index (χ0n) is 4.96. The van der Waals surface area contributed by atoms with Crippen LogP contribution in [-0.2, 0) is 0 Å². The van der Waals surface area contributed by atoms with Gasteiger partial charge in [-0.05, 0) is 0 Å². The summed E-state index contributed by atoms with van der Waals surface area (Å²) in [5.41, 5.74) is 8.50. The molecule has 0 aromatic heterocycles. The molecule has 0 aromatic rings. The second kappa shape index (κ2) is 23.2. The van der Waals surface area contributed by atoms with E-state index in [1.54, 1.807) is 0 Å². The van der Waals surface area contributed by atoms with Crippen molar-refractivity contribution in [1.82, 2.24) is 0 Å². The van der Waals surface area contributed by atoms with Crippen molar-refractivity contribution in [2.45, 2.75) is 0 Å². The SMILES string of the molecule is NC(N)=O.[K+].[Na+].[OH-].[OH-]. The molecule has 8 heavy (non-hydrogen) atoms. The fourth-order valence-electron chi connectivity index (χ4n) is 0. The number of primary amides is 2. The van der Waals surface area contributed by atoms with Crippen LogP contribution in [0.15, 0.2) is 0 Å². The average Bonchev–Trinajstić information content (AvgIpc) is 0.811. The van der Waals surface area contributed by atoms with Crippen LogP contribution in [0.4, 0.5) is 4.79 Å². The van der Waals surface area contributed by atoms with E-state index in [9.17, 15) is 0 Å². The number of hydrogen-bond acceptors (Lipinski definition) is 3. The van der Waals surface area contributed by atoms with Gasteiger partial charge < -0.3 is 22.4 Å². The number of carbonyl (C=O) groups excluding carboxylic acids is 1. The fraction of sp³-hybridized carbons (Fsp3) is 0. The van der Waals surface area contributed by atoms with Gasteiger partial charge in [0, 0.05) is 0 Å². The van der Waals surface area contributed by atoms with Crippen LogP contribution in [0.3, 0.4) is 0 Å². The molecule has 0 saturated carbocycles. The van der Waals surface area contributed by atoms with Crippen LogP contribution in [0.25, 0.3) is 0 Å². The predicted octanol–water partition coefficient (Wildman–Crippen LogP) is -7.32. The molecule has 0 fully saturated rings. The summed E-state index contributed by atoms with van der Waals surface area (Å²) in [5.74, 6) is 0. The Balaban J connectivity index is -0.00000000750. The Morgan fingerprint density at radius 1 is 1.12 bits per heavy atom. The van der Waals surface area contributed by atoms with Crippen LogP contribution < -0.4 is 92.4 Å². The van der Waals surface area contributed by atoms with Gasteiger partial charge in [-0.2, -0.15) is 0 Å². The van der Waals surface area contributed by atoms with Gasteiger partial charge in [0.2, 0.25) is 0 Å². The normalized spacial score (nSPS) is 3.00. The minimum absolute atomic E-state index is 0. The molecule has 0 aromatic carbocycles. The molecule has 0 rings (SSSR count). The van der Waals surface area contributed by atoms with Crippen molar-refractivity contribution in [3.8, 4) is 0 Å². The first kappa shape index (κ1) is 32.9. The molecular weight excluding hydrogens is 150 g/mol. The van der Waals surface area contributed by atoms with Gasteiger partial charge in [-0.15, -0.1) is 0 Å². The van der Waals surface area contributed by atoms with Crippen molar-refractivity contribution in [2.75, 3.05) is 0 Å². The molecule has 5 nitrogen and oxygen atoms in total. The van der Waals surface area contributed by atoms with E-state index in [2.05, 4.69) is 11.5 Å². The first-order chi connectivity index (χ1) is 1.73. The summed E-state index contributed by atoms with van der Waals surface area (Å²) in [6, 6.07) is -0.833. The van der Waals surface area contributed by atoms with Crippen molar-refractivity contribution in [3.05, 3.63) is 0 Å². The van der Waals surface area contributed by atoms with E-state index < -0.39 is 6.03 Å². The molecule has 40 valence electrons. The monoisotopic (exact) mass is 156 g/mol. The van der Waals surface area contributed by atoms with Crippen LogP contribution >= 0.6 is 0 Å². The third-order valence-electron chi connectivity index (χ3n) is 0. The summed E-state index contributed by atoms with van der Waals surface area (Å²) in [6.07, 6.45) is 0. The number of urea groups is 1. The second-order valence-corrected chi connectivity index (χ2v) is 0.402. The molecule has 0 aliphatic rings. The molecule has 0 spiro atoms. The third-order valence-corrected chi connectivity index (χ3v) is 0. The van der Waals surface area contributed by atoms with E-state index in [1.807, 2.05) is 0 Å². The molecule has 6 N–H and O–H groups in total. The minimum Gasteiger partial charge on any atom is -0.870 e. The number of hydrogen-bond donors (Lipinski definition) is 2. The van der Waals surface area contributed by atoms with Crippen molar-refractivity contribution in [1.29, 1.82) is 0 Å². The Labute approximate surface area is 112 Å². The minimum atomic E-state index is -0.833. The van der Waals surface area contributed by atoms with Crippen LogP contribution in [0.1, 0.15) is 0 Å². The molecule has 0 atom stereocenters. The molecule has 0 heterocycles. The molecule has 0 radical (unpaired) electrons. The van der Waals surface area contributed by atoms with Crippen molar-refractivity contribution < 1.29 is 96.7 Å². The molecule has 0 bridgehead atoms. The maximum Gasteiger partial charge on any atom is 1.00 e. The summed E-state index contributed by atoms with van der Waals surface area (Å²) >= 11 is 0. The average molecular weight is 156 g/mol. The molecule has 7 heteroatoms. The van der Waals surface area contributed by atoms with E-state index in [0.717, 1.165) is 0 Å². The summed E-state index contributed by atoms with van der Waals surface area (Å²) in [7, 11) is 0. The Hall–Kier alpha value is 1.83. The van der Waals surface area contributed by atoms with Crippen LogP contribution in [-0.4, -0.2) is 17.0 Å². The van der Waals surface area contributed by atoms with E-state index in [0.29, 0.717) is 0 Å². The largest absolute Gasteiger partial charge is 1.00 e. The standard InChI is InChI=1S/CH4N2O.K.Na.2H2O/c2-1(3)4;;;;/h(H4,2,3,4);;;2*1H2/q;2*+1;;/p-2. The van der Waals surface area contributed by atoms with Gasteiger partial charge in [0.05, 0.1) is 0 Å². The van der Waals surface area contributed by atoms with E-state index in [4.69, 9.17) is 4.79 Å². The fourth-order valence-corrected chi connectivity index (χ4v) is 0. The second-order valence-electron chi connectivity index (χ2n) is 0.402. The Kier molecular flexibility index (Phi) is 95.3. The first-order valence-electron chi connectivity index (χ1n) is 0.781. The quantitative estimate of drug-likeness (QED) is 0.338. The Bertz CT molecular complexity index is 40.3. The molecule has 2 amide bonds. The van der Waals surface area contributed by atoms with Crippen molar-refractivity contribution in [3.63, 3.8) is 0 Å². The Morgan fingerprint density at radius 2 is 1.12 bits per heavy atom. The third kappa shape index (κ3) is 109. The summed E-state index contributed by atoms with van der Waals surface area (Å²) in [5, 5.41) is 0. The topological polar surface area (TPSA) is 129 Å². The zero-order valence-corrected chi connectivity index (χ0v) is 10.1. The van der Waals surface area contributed by atoms with Gasteiger partial charge >= 0.3 is 87.0 Å². The van der Waals surface area contributed by atoms with Crippen molar-refractivity contribution >= 4 is 6.03 Å². The summed E-state index contributed by atoms with van der Waals surface area (Å²) in [6.45, 7) is 0. The van der Waals surface area contributed by atoms with Gasteiger partial charge in [-0.3, -0.25) is 0 Å². The van der Waals surface area contributed by atoms with Gasteiger partial charge in [-0.25, -0.2) is 4.79 Å². The van der Waals surface area contributed by atoms with Gasteiger partial charge in [0.15, 0.2) is 0 Å². The number of amides is 2. The van der Waals surface area contributed by atoms with E-state index in [-0.39, 0.29) is 91.9 Å². The molecular formula is CH6KN2NaO3. The van der Waals surface area contributed by atoms with Crippen LogP contribution in [0, 0.1) is 0 Å². The van der Waals surface area contributed by atoms with Gasteiger partial charge in [0.1, 0.15) is 0 Å². The maximum absolute atomic E-state index is 9.00. The number of nitrogens with two attached hydrogens (primary N) is 2. The molecule has 0 saturated heterocycles. The Morgan fingerprint density at radius 3 is 1.12 bits per heavy atom. The smallest absolute Gasteiger partial charge is 0.870 e. The molecule has 0 unspecified atom stereocenters. The summed E-state index contributed by atoms with van der Waals surface area (Å²) < 4.78 is 0. The first-order valence-corrected chi connectivity index (χ1v) is 0.781. The summed E-state index contributed by atoms with van der Waals surface area (Å²) in [4.78, 5) is 9.00. The number of carbonyl (C=O) groups is 1. The van der Waals surface area contributed by atoms with E-state index >= 15 is 0 Å². The predicted molar refractivity (Wildman–Crippen MR) is 17.6 cm³/mol. The molecule has 0 aliphatic carbocycles. The maximum atomic E-state index is 9.00. The zero-order chi connectivity index (χ0) is 3.58. The van der Waals surface area contributed by atoms with Crippen molar-refractivity contribution in [2.24, 2.45) is 11.5 Å². The molecule has 0 aliphatic heterocycles. The van der Waals surface area contributed by atoms with Crippen LogP contribution in [0.5, 0.6) is 0 Å².